The van der Waals surface area contributed by atoms with Crippen LogP contribution in [0.5, 0.6) is 5.75 Å². The molecule has 1 atom stereocenters. The number of halogens is 1. The largest absolute Gasteiger partial charge is 0.489 e. The molecule has 0 radical (unpaired) electrons. The number of benzene rings is 3. The Morgan fingerprint density at radius 3 is 2.15 bits per heavy atom. The molecule has 7 aliphatic rings. The number of piperidine rings is 1. The number of imide groups is 2. The van der Waals surface area contributed by atoms with Crippen LogP contribution < -0.4 is 19.9 Å². The highest BCUT2D eigenvalue weighted by Crippen LogP contribution is 2.59. The van der Waals surface area contributed by atoms with Crippen LogP contribution in [0.15, 0.2) is 54.6 Å². The van der Waals surface area contributed by atoms with Gasteiger partial charge in [-0.2, -0.15) is 5.26 Å². The number of nitrogens with zero attached hydrogens (tertiary/aromatic N) is 6. The molecular formula is C46H50ClN7O5. The van der Waals surface area contributed by atoms with Crippen LogP contribution in [-0.2, 0) is 22.7 Å². The molecule has 2 saturated carbocycles. The Morgan fingerprint density at radius 2 is 1.46 bits per heavy atom. The summed E-state index contributed by atoms with van der Waals surface area (Å²) in [6.07, 6.45) is 2.60. The molecule has 4 amide bonds. The fourth-order valence-electron chi connectivity index (χ4n) is 12.3. The van der Waals surface area contributed by atoms with Crippen LogP contribution >= 0.6 is 11.6 Å². The lowest BCUT2D eigenvalue weighted by Crippen LogP contribution is -2.74. The van der Waals surface area contributed by atoms with Crippen LogP contribution in [0.1, 0.15) is 90.8 Å². The molecule has 2 aliphatic carbocycles. The van der Waals surface area contributed by atoms with E-state index in [4.69, 9.17) is 16.3 Å². The normalized spacial score (nSPS) is 27.1. The molecule has 1 N–H and O–H groups in total. The summed E-state index contributed by atoms with van der Waals surface area (Å²) >= 11 is 6.34. The van der Waals surface area contributed by atoms with Crippen LogP contribution in [0.2, 0.25) is 5.02 Å². The number of ether oxygens (including phenoxy) is 1. The number of fused-ring (bicyclic) bond motifs is 2. The van der Waals surface area contributed by atoms with E-state index >= 15 is 0 Å². The van der Waals surface area contributed by atoms with Gasteiger partial charge in [0.1, 0.15) is 24.0 Å². The van der Waals surface area contributed by atoms with Crippen LogP contribution in [0.3, 0.4) is 0 Å². The van der Waals surface area contributed by atoms with Crippen molar-refractivity contribution in [1.29, 1.82) is 5.26 Å². The molecule has 13 heteroatoms. The molecule has 3 aromatic rings. The SMILES string of the molecule is CC1(C)C(Oc2ccc(C#N)c(Cl)c2)C(C)(C)C1N1Cc2ccc(N3CCN(C4CC5(C4)CN(c4ccc6c(c4)C(=O)N(C4CCC(=O)NC4=O)C6=O)C5)CC3)cc2C1. The van der Waals surface area contributed by atoms with Crippen molar-refractivity contribution < 1.29 is 23.9 Å². The molecule has 3 saturated heterocycles. The van der Waals surface area contributed by atoms with E-state index < -0.39 is 23.8 Å². The predicted molar refractivity (Wildman–Crippen MR) is 222 cm³/mol. The maximum atomic E-state index is 13.4. The number of carbonyl (C=O) groups excluding carboxylic acids is 4. The Morgan fingerprint density at radius 1 is 0.780 bits per heavy atom. The van der Waals surface area contributed by atoms with Gasteiger partial charge in [0.05, 0.1) is 21.7 Å². The molecule has 10 rings (SSSR count). The Labute approximate surface area is 350 Å². The monoisotopic (exact) mass is 815 g/mol. The smallest absolute Gasteiger partial charge is 0.262 e. The number of carbonyl (C=O) groups is 4. The van der Waals surface area contributed by atoms with Gasteiger partial charge in [0.15, 0.2) is 0 Å². The summed E-state index contributed by atoms with van der Waals surface area (Å²) in [5.41, 5.74) is 6.29. The van der Waals surface area contributed by atoms with Gasteiger partial charge in [-0.15, -0.1) is 0 Å². The van der Waals surface area contributed by atoms with E-state index in [9.17, 15) is 24.4 Å². The molecular weight excluding hydrogens is 766 g/mol. The van der Waals surface area contributed by atoms with Crippen molar-refractivity contribution in [2.75, 3.05) is 49.1 Å². The number of rotatable bonds is 7. The zero-order valence-corrected chi connectivity index (χ0v) is 34.8. The van der Waals surface area contributed by atoms with Crippen molar-refractivity contribution in [3.05, 3.63) is 87.4 Å². The Hall–Kier alpha value is -4.96. The average molecular weight is 816 g/mol. The standard InChI is InChI=1S/C46H50ClN7O5/c1-44(2)42(45(3,4)43(44)59-33-9-6-27(22-48)36(47)19-33)52-23-28-5-7-30(17-29(28)24-52)50-13-15-51(16-14-50)32-20-46(21-32)25-53(26-46)31-8-10-34-35(18-31)41(58)54(40(34)57)37-11-12-38(55)49-39(37)56/h5-10,17-19,32,37,42-43H,11-16,20-21,23-26H2,1-4H3,(H,49,55,56). The molecule has 1 spiro atoms. The lowest BCUT2D eigenvalue weighted by Gasteiger charge is -2.65. The maximum absolute atomic E-state index is 13.4. The van der Waals surface area contributed by atoms with Gasteiger partial charge in [-0.1, -0.05) is 45.4 Å². The lowest BCUT2D eigenvalue weighted by molar-refractivity contribution is -0.211. The summed E-state index contributed by atoms with van der Waals surface area (Å²) in [4.78, 5) is 61.8. The quantitative estimate of drug-likeness (QED) is 0.301. The Kier molecular flexibility index (Phi) is 8.77. The number of nitriles is 1. The van der Waals surface area contributed by atoms with Crippen LogP contribution in [0, 0.1) is 27.6 Å². The van der Waals surface area contributed by atoms with Crippen molar-refractivity contribution in [3.8, 4) is 11.8 Å². The second-order valence-electron chi connectivity index (χ2n) is 19.3. The third-order valence-electron chi connectivity index (χ3n) is 14.8. The Balaban J connectivity index is 0.708. The van der Waals surface area contributed by atoms with Crippen molar-refractivity contribution in [2.45, 2.75) is 90.7 Å². The van der Waals surface area contributed by atoms with E-state index in [0.717, 1.165) is 62.9 Å². The molecule has 5 heterocycles. The molecule has 1 unspecified atom stereocenters. The summed E-state index contributed by atoms with van der Waals surface area (Å²) in [6, 6.07) is 19.9. The first kappa shape index (κ1) is 38.3. The van der Waals surface area contributed by atoms with Gasteiger partial charge in [0, 0.05) is 105 Å². The second kappa shape index (κ2) is 13.5. The molecule has 3 aromatic carbocycles. The minimum Gasteiger partial charge on any atom is -0.489 e. The molecule has 12 nitrogen and oxygen atoms in total. The molecule has 306 valence electrons. The van der Waals surface area contributed by atoms with Crippen molar-refractivity contribution >= 4 is 46.6 Å². The average Bonchev–Trinajstić information content (AvgIpc) is 3.68. The number of amides is 4. The van der Waals surface area contributed by atoms with Gasteiger partial charge >= 0.3 is 0 Å². The molecule has 5 aliphatic heterocycles. The van der Waals surface area contributed by atoms with Gasteiger partial charge in [0.25, 0.3) is 11.8 Å². The highest BCUT2D eigenvalue weighted by molar-refractivity contribution is 6.31. The van der Waals surface area contributed by atoms with Crippen molar-refractivity contribution in [2.24, 2.45) is 16.2 Å². The van der Waals surface area contributed by atoms with E-state index in [0.29, 0.717) is 45.0 Å². The van der Waals surface area contributed by atoms with Gasteiger partial charge in [-0.05, 0) is 72.9 Å². The van der Waals surface area contributed by atoms with Gasteiger partial charge in [-0.3, -0.25) is 39.2 Å². The van der Waals surface area contributed by atoms with E-state index in [1.807, 2.05) is 12.1 Å². The number of nitrogens with one attached hydrogen (secondary N) is 1. The van der Waals surface area contributed by atoms with E-state index in [1.165, 1.54) is 29.7 Å². The van der Waals surface area contributed by atoms with Crippen LogP contribution in [0.25, 0.3) is 0 Å². The maximum Gasteiger partial charge on any atom is 0.262 e. The Bertz CT molecular complexity index is 2330. The summed E-state index contributed by atoms with van der Waals surface area (Å²) in [6.45, 7) is 17.1. The van der Waals surface area contributed by atoms with Crippen LogP contribution in [0.4, 0.5) is 11.4 Å². The third kappa shape index (κ3) is 6.06. The molecule has 0 aromatic heterocycles. The summed E-state index contributed by atoms with van der Waals surface area (Å²) in [7, 11) is 0. The third-order valence-corrected chi connectivity index (χ3v) is 15.1. The number of hydrogen-bond donors (Lipinski definition) is 1. The number of piperazine rings is 1. The number of anilines is 2. The van der Waals surface area contributed by atoms with Gasteiger partial charge in [0.2, 0.25) is 11.8 Å². The summed E-state index contributed by atoms with van der Waals surface area (Å²) in [5.74, 6) is -1.20. The molecule has 0 bridgehead atoms. The van der Waals surface area contributed by atoms with Gasteiger partial charge in [-0.25, -0.2) is 0 Å². The molecule has 5 fully saturated rings. The fraction of sp³-hybridized carbons (Fsp3) is 0.500. The first-order valence-corrected chi connectivity index (χ1v) is 21.4. The highest BCUT2D eigenvalue weighted by Gasteiger charge is 2.65. The minimum atomic E-state index is -0.957. The first-order valence-electron chi connectivity index (χ1n) is 21.0. The van der Waals surface area contributed by atoms with Gasteiger partial charge < -0.3 is 14.5 Å². The second-order valence-corrected chi connectivity index (χ2v) is 19.7. The van der Waals surface area contributed by atoms with Crippen LogP contribution in [-0.4, -0.2) is 102 Å². The summed E-state index contributed by atoms with van der Waals surface area (Å²) < 4.78 is 6.58. The molecule has 59 heavy (non-hydrogen) atoms. The number of hydrogen-bond acceptors (Lipinski definition) is 10. The fourth-order valence-corrected chi connectivity index (χ4v) is 12.6. The lowest BCUT2D eigenvalue weighted by atomic mass is 9.49. The summed E-state index contributed by atoms with van der Waals surface area (Å²) in [5, 5.41) is 12.0. The first-order chi connectivity index (χ1) is 28.2. The minimum absolute atomic E-state index is 0.000276. The highest BCUT2D eigenvalue weighted by atomic mass is 35.5. The topological polar surface area (TPSA) is 130 Å². The van der Waals surface area contributed by atoms with E-state index in [-0.39, 0.29) is 35.7 Å². The van der Waals surface area contributed by atoms with E-state index in [2.05, 4.69) is 76.9 Å². The van der Waals surface area contributed by atoms with Crippen molar-refractivity contribution in [1.82, 2.24) is 20.0 Å². The van der Waals surface area contributed by atoms with Crippen molar-refractivity contribution in [3.63, 3.8) is 0 Å². The zero-order chi connectivity index (χ0) is 41.2. The predicted octanol–water partition coefficient (Wildman–Crippen LogP) is 5.60. The zero-order valence-electron chi connectivity index (χ0n) is 34.1. The van der Waals surface area contributed by atoms with E-state index in [1.54, 1.807) is 24.3 Å².